The fourth-order valence-electron chi connectivity index (χ4n) is 3.11. The average molecular weight is 360 g/mol. The van der Waals surface area contributed by atoms with Crippen LogP contribution in [0.4, 0.5) is 8.78 Å². The van der Waals surface area contributed by atoms with Crippen LogP contribution < -0.4 is 0 Å². The Bertz CT molecular complexity index is 860. The number of rotatable bonds is 5. The molecule has 0 bridgehead atoms. The van der Waals surface area contributed by atoms with Gasteiger partial charge in [-0.1, -0.05) is 25.1 Å². The van der Waals surface area contributed by atoms with E-state index in [9.17, 15) is 23.5 Å². The number of amides is 1. The Morgan fingerprint density at radius 2 is 2.00 bits per heavy atom. The number of carbonyl (C=O) groups is 2. The first kappa shape index (κ1) is 18.0. The molecule has 7 heteroatoms. The zero-order valence-electron chi connectivity index (χ0n) is 14.4. The van der Waals surface area contributed by atoms with E-state index in [0.717, 1.165) is 12.5 Å². The van der Waals surface area contributed by atoms with E-state index in [0.29, 0.717) is 23.1 Å². The molecule has 0 radical (unpaired) electrons. The minimum Gasteiger partial charge on any atom is -0.480 e. The van der Waals surface area contributed by atoms with Gasteiger partial charge in [-0.3, -0.25) is 9.78 Å². The van der Waals surface area contributed by atoms with Crippen LogP contribution in [0.15, 0.2) is 36.5 Å². The number of hydrogen-bond donors (Lipinski definition) is 1. The average Bonchev–Trinajstić information content (AvgIpc) is 2.91. The monoisotopic (exact) mass is 360 g/mol. The SMILES string of the molecule is CCC(C(=O)O)N1Cc2ccc(-c3ccc(C(C)(F)F)nc3)cc2C1=O. The smallest absolute Gasteiger partial charge is 0.326 e. The molecule has 1 aliphatic heterocycles. The van der Waals surface area contributed by atoms with Gasteiger partial charge in [-0.25, -0.2) is 4.79 Å². The van der Waals surface area contributed by atoms with E-state index in [-0.39, 0.29) is 18.1 Å². The third-order valence-electron chi connectivity index (χ3n) is 4.54. The van der Waals surface area contributed by atoms with Crippen LogP contribution in [0.25, 0.3) is 11.1 Å². The summed E-state index contributed by atoms with van der Waals surface area (Å²) in [4.78, 5) is 29.1. The third kappa shape index (κ3) is 3.16. The maximum absolute atomic E-state index is 13.3. The molecule has 0 fully saturated rings. The summed E-state index contributed by atoms with van der Waals surface area (Å²) in [7, 11) is 0. The number of hydrogen-bond acceptors (Lipinski definition) is 3. The molecule has 1 atom stereocenters. The van der Waals surface area contributed by atoms with E-state index >= 15 is 0 Å². The van der Waals surface area contributed by atoms with Crippen LogP contribution in [0.1, 0.15) is 41.9 Å². The van der Waals surface area contributed by atoms with E-state index in [1.807, 2.05) is 0 Å². The number of fused-ring (bicyclic) bond motifs is 1. The summed E-state index contributed by atoms with van der Waals surface area (Å²) in [5.74, 6) is -4.38. The second-order valence-electron chi connectivity index (χ2n) is 6.39. The molecular formula is C19H18F2N2O3. The highest BCUT2D eigenvalue weighted by molar-refractivity contribution is 6.01. The number of benzene rings is 1. The quantitative estimate of drug-likeness (QED) is 0.883. The van der Waals surface area contributed by atoms with Gasteiger partial charge in [0.25, 0.3) is 11.8 Å². The maximum Gasteiger partial charge on any atom is 0.326 e. The van der Waals surface area contributed by atoms with Gasteiger partial charge < -0.3 is 10.0 Å². The molecule has 1 aromatic heterocycles. The van der Waals surface area contributed by atoms with Crippen molar-refractivity contribution < 1.29 is 23.5 Å². The molecule has 1 N–H and O–H groups in total. The summed E-state index contributed by atoms with van der Waals surface area (Å²) in [5, 5.41) is 9.29. The summed E-state index contributed by atoms with van der Waals surface area (Å²) < 4.78 is 26.6. The van der Waals surface area contributed by atoms with Crippen molar-refractivity contribution in [3.05, 3.63) is 53.3 Å². The molecule has 5 nitrogen and oxygen atoms in total. The second-order valence-corrected chi connectivity index (χ2v) is 6.39. The lowest BCUT2D eigenvalue weighted by Crippen LogP contribution is -2.40. The lowest BCUT2D eigenvalue weighted by atomic mass is 10.0. The fourth-order valence-corrected chi connectivity index (χ4v) is 3.11. The fraction of sp³-hybridized carbons (Fsp3) is 0.316. The molecule has 1 aliphatic rings. The van der Waals surface area contributed by atoms with Gasteiger partial charge in [-0.2, -0.15) is 8.78 Å². The Kier molecular flexibility index (Phi) is 4.48. The largest absolute Gasteiger partial charge is 0.480 e. The van der Waals surface area contributed by atoms with Gasteiger partial charge in [0, 0.05) is 30.8 Å². The second kappa shape index (κ2) is 6.48. The van der Waals surface area contributed by atoms with Gasteiger partial charge in [0.05, 0.1) is 0 Å². The lowest BCUT2D eigenvalue weighted by molar-refractivity contribution is -0.142. The predicted molar refractivity (Wildman–Crippen MR) is 90.8 cm³/mol. The van der Waals surface area contributed by atoms with Crippen LogP contribution in [-0.4, -0.2) is 32.9 Å². The van der Waals surface area contributed by atoms with Crippen LogP contribution in [0.3, 0.4) is 0 Å². The first-order valence-corrected chi connectivity index (χ1v) is 8.23. The minimum absolute atomic E-state index is 0.249. The summed E-state index contributed by atoms with van der Waals surface area (Å²) in [6.07, 6.45) is 1.66. The first-order valence-electron chi connectivity index (χ1n) is 8.23. The molecule has 0 saturated heterocycles. The van der Waals surface area contributed by atoms with Crippen molar-refractivity contribution in [2.75, 3.05) is 0 Å². The zero-order chi connectivity index (χ0) is 19.1. The molecule has 3 rings (SSSR count). The Labute approximate surface area is 149 Å². The van der Waals surface area contributed by atoms with Crippen LogP contribution in [0.5, 0.6) is 0 Å². The van der Waals surface area contributed by atoms with E-state index in [2.05, 4.69) is 4.98 Å². The number of carbonyl (C=O) groups excluding carboxylic acids is 1. The van der Waals surface area contributed by atoms with Crippen LogP contribution in [-0.2, 0) is 17.3 Å². The lowest BCUT2D eigenvalue weighted by Gasteiger charge is -2.22. The Balaban J connectivity index is 1.91. The van der Waals surface area contributed by atoms with E-state index in [4.69, 9.17) is 0 Å². The number of carboxylic acids is 1. The number of aliphatic carboxylic acids is 1. The van der Waals surface area contributed by atoms with Crippen LogP contribution >= 0.6 is 0 Å². The van der Waals surface area contributed by atoms with Crippen molar-refractivity contribution in [2.45, 2.75) is 38.8 Å². The highest BCUT2D eigenvalue weighted by Gasteiger charge is 2.35. The normalized spacial score (nSPS) is 15.1. The first-order chi connectivity index (χ1) is 12.2. The van der Waals surface area contributed by atoms with E-state index in [1.165, 1.54) is 23.2 Å². The zero-order valence-corrected chi connectivity index (χ0v) is 14.4. The molecule has 2 heterocycles. The molecule has 136 valence electrons. The third-order valence-corrected chi connectivity index (χ3v) is 4.54. The summed E-state index contributed by atoms with van der Waals surface area (Å²) in [6.45, 7) is 2.75. The number of nitrogens with zero attached hydrogens (tertiary/aromatic N) is 2. The Hall–Kier alpha value is -2.83. The molecule has 1 amide bonds. The minimum atomic E-state index is -3.01. The van der Waals surface area contributed by atoms with Gasteiger partial charge >= 0.3 is 5.97 Å². The van der Waals surface area contributed by atoms with Gasteiger partial charge in [-0.05, 0) is 29.7 Å². The standard InChI is InChI=1S/C19H18F2N2O3/c1-3-15(18(25)26)23-10-13-5-4-11(8-14(13)17(23)24)12-6-7-16(22-9-12)19(2,20)21/h4-9,15H,3,10H2,1-2H3,(H,25,26). The maximum atomic E-state index is 13.3. The number of halogens is 2. The van der Waals surface area contributed by atoms with Crippen molar-refractivity contribution in [1.29, 1.82) is 0 Å². The van der Waals surface area contributed by atoms with E-state index < -0.39 is 17.9 Å². The molecule has 0 saturated carbocycles. The Morgan fingerprint density at radius 3 is 2.54 bits per heavy atom. The molecular weight excluding hydrogens is 342 g/mol. The summed E-state index contributed by atoms with van der Waals surface area (Å²) in [5.41, 5.74) is 2.14. The van der Waals surface area contributed by atoms with Crippen molar-refractivity contribution in [1.82, 2.24) is 9.88 Å². The van der Waals surface area contributed by atoms with Gasteiger partial charge in [0.2, 0.25) is 0 Å². The highest BCUT2D eigenvalue weighted by atomic mass is 19.3. The van der Waals surface area contributed by atoms with Crippen molar-refractivity contribution in [3.63, 3.8) is 0 Å². The van der Waals surface area contributed by atoms with Crippen LogP contribution in [0, 0.1) is 0 Å². The molecule has 26 heavy (non-hydrogen) atoms. The molecule has 0 spiro atoms. The molecule has 0 aliphatic carbocycles. The topological polar surface area (TPSA) is 70.5 Å². The number of alkyl halides is 2. The van der Waals surface area contributed by atoms with Crippen molar-refractivity contribution in [2.24, 2.45) is 0 Å². The van der Waals surface area contributed by atoms with E-state index in [1.54, 1.807) is 25.1 Å². The number of pyridine rings is 1. The molecule has 2 aromatic rings. The number of aromatic nitrogens is 1. The molecule has 1 unspecified atom stereocenters. The van der Waals surface area contributed by atoms with Crippen LogP contribution in [0.2, 0.25) is 0 Å². The highest BCUT2D eigenvalue weighted by Crippen LogP contribution is 2.31. The Morgan fingerprint density at radius 1 is 1.31 bits per heavy atom. The summed E-state index contributed by atoms with van der Waals surface area (Å²) in [6, 6.07) is 7.12. The summed E-state index contributed by atoms with van der Waals surface area (Å²) >= 11 is 0. The van der Waals surface area contributed by atoms with Crippen molar-refractivity contribution in [3.8, 4) is 11.1 Å². The molecule has 1 aromatic carbocycles. The van der Waals surface area contributed by atoms with Gasteiger partial charge in [0.15, 0.2) is 0 Å². The number of carboxylic acid groups (broad SMARTS) is 1. The van der Waals surface area contributed by atoms with Crippen molar-refractivity contribution >= 4 is 11.9 Å². The van der Waals surface area contributed by atoms with Gasteiger partial charge in [-0.15, -0.1) is 0 Å². The van der Waals surface area contributed by atoms with Gasteiger partial charge in [0.1, 0.15) is 11.7 Å². The predicted octanol–water partition coefficient (Wildman–Crippen LogP) is 3.68.